The third-order valence-corrected chi connectivity index (χ3v) is 7.45. The molecule has 30 heavy (non-hydrogen) atoms. The Labute approximate surface area is 177 Å². The first-order valence-corrected chi connectivity index (χ1v) is 12.0. The lowest BCUT2D eigenvalue weighted by Crippen LogP contribution is -2.52. The van der Waals surface area contributed by atoms with Crippen molar-refractivity contribution in [2.75, 3.05) is 43.0 Å². The number of anilines is 2. The smallest absolute Gasteiger partial charge is 0.253 e. The van der Waals surface area contributed by atoms with E-state index in [0.29, 0.717) is 31.0 Å². The van der Waals surface area contributed by atoms with E-state index in [1.54, 1.807) is 0 Å². The van der Waals surface area contributed by atoms with Crippen LogP contribution in [0.3, 0.4) is 0 Å². The van der Waals surface area contributed by atoms with Crippen LogP contribution in [0.1, 0.15) is 28.2 Å². The largest absolute Gasteiger partial charge is 0.336 e. The zero-order valence-electron chi connectivity index (χ0n) is 17.3. The number of piperazine rings is 1. The summed E-state index contributed by atoms with van der Waals surface area (Å²) < 4.78 is 23.4. The topological polar surface area (TPSA) is 95.5 Å². The molecule has 0 unspecified atom stereocenters. The molecule has 1 aromatic heterocycles. The van der Waals surface area contributed by atoms with E-state index in [1.807, 2.05) is 49.1 Å². The van der Waals surface area contributed by atoms with Gasteiger partial charge in [-0.25, -0.2) is 18.4 Å². The minimum Gasteiger partial charge on any atom is -0.336 e. The number of sulfone groups is 1. The number of hydrogen-bond acceptors (Lipinski definition) is 7. The second-order valence-electron chi connectivity index (χ2n) is 8.06. The summed E-state index contributed by atoms with van der Waals surface area (Å²) in [5.41, 5.74) is 3.25. The van der Waals surface area contributed by atoms with E-state index in [4.69, 9.17) is 0 Å². The summed E-state index contributed by atoms with van der Waals surface area (Å²) in [6.07, 6.45) is 0.703. The molecular formula is C21H27N5O3S. The first-order valence-electron chi connectivity index (χ1n) is 10.2. The molecule has 2 aliphatic heterocycles. The maximum atomic E-state index is 12.9. The maximum absolute atomic E-state index is 12.9. The van der Waals surface area contributed by atoms with Crippen molar-refractivity contribution in [1.29, 1.82) is 0 Å². The van der Waals surface area contributed by atoms with Crippen molar-refractivity contribution in [2.45, 2.75) is 26.3 Å². The van der Waals surface area contributed by atoms with E-state index in [2.05, 4.69) is 20.2 Å². The summed E-state index contributed by atoms with van der Waals surface area (Å²) in [5, 5.41) is 3.17. The van der Waals surface area contributed by atoms with E-state index in [0.717, 1.165) is 30.2 Å². The summed E-state index contributed by atoms with van der Waals surface area (Å²) in [6.45, 7) is 6.52. The predicted octanol–water partition coefficient (Wildman–Crippen LogP) is 1.78. The average molecular weight is 430 g/mol. The highest BCUT2D eigenvalue weighted by atomic mass is 32.2. The Bertz CT molecular complexity index is 1010. The van der Waals surface area contributed by atoms with Gasteiger partial charge in [0.05, 0.1) is 11.5 Å². The van der Waals surface area contributed by atoms with Gasteiger partial charge in [0.15, 0.2) is 9.84 Å². The molecule has 1 aromatic carbocycles. The van der Waals surface area contributed by atoms with Gasteiger partial charge in [0.1, 0.15) is 0 Å². The number of nitrogens with one attached hydrogen (secondary N) is 1. The molecule has 0 radical (unpaired) electrons. The summed E-state index contributed by atoms with van der Waals surface area (Å²) in [4.78, 5) is 25.7. The Balaban J connectivity index is 1.34. The molecule has 2 saturated heterocycles. The number of benzene rings is 1. The number of aromatic nitrogens is 2. The molecule has 2 fully saturated rings. The zero-order valence-corrected chi connectivity index (χ0v) is 18.2. The van der Waals surface area contributed by atoms with E-state index >= 15 is 0 Å². The molecule has 160 valence electrons. The van der Waals surface area contributed by atoms with Gasteiger partial charge < -0.3 is 10.2 Å². The van der Waals surface area contributed by atoms with Crippen molar-refractivity contribution in [1.82, 2.24) is 19.8 Å². The fourth-order valence-electron chi connectivity index (χ4n) is 4.14. The van der Waals surface area contributed by atoms with E-state index in [9.17, 15) is 13.2 Å². The molecule has 0 aliphatic carbocycles. The molecule has 8 nitrogen and oxygen atoms in total. The van der Waals surface area contributed by atoms with Crippen molar-refractivity contribution in [3.8, 4) is 0 Å². The van der Waals surface area contributed by atoms with Gasteiger partial charge in [0.25, 0.3) is 5.91 Å². The molecule has 0 saturated carbocycles. The lowest BCUT2D eigenvalue weighted by atomic mass is 10.1. The zero-order chi connectivity index (χ0) is 21.3. The van der Waals surface area contributed by atoms with Gasteiger partial charge in [-0.2, -0.15) is 0 Å². The lowest BCUT2D eigenvalue weighted by Gasteiger charge is -2.37. The van der Waals surface area contributed by atoms with Crippen molar-refractivity contribution in [3.05, 3.63) is 47.3 Å². The Hall–Kier alpha value is -2.52. The van der Waals surface area contributed by atoms with Crippen molar-refractivity contribution in [2.24, 2.45) is 0 Å². The maximum Gasteiger partial charge on any atom is 0.253 e. The van der Waals surface area contributed by atoms with E-state index in [-0.39, 0.29) is 23.5 Å². The molecular weight excluding hydrogens is 402 g/mol. The van der Waals surface area contributed by atoms with Crippen LogP contribution in [0, 0.1) is 13.8 Å². The van der Waals surface area contributed by atoms with Gasteiger partial charge in [0.2, 0.25) is 5.95 Å². The molecule has 1 N–H and O–H groups in total. The molecule has 0 spiro atoms. The second-order valence-corrected chi connectivity index (χ2v) is 10.3. The van der Waals surface area contributed by atoms with Gasteiger partial charge in [-0.1, -0.05) is 0 Å². The number of carbonyl (C=O) groups is 1. The van der Waals surface area contributed by atoms with Crippen LogP contribution in [0.2, 0.25) is 0 Å². The third-order valence-electron chi connectivity index (χ3n) is 5.70. The van der Waals surface area contributed by atoms with Gasteiger partial charge in [-0.3, -0.25) is 9.69 Å². The quantitative estimate of drug-likeness (QED) is 0.791. The minimum atomic E-state index is -2.89. The summed E-state index contributed by atoms with van der Waals surface area (Å²) in [5.74, 6) is 1.07. The first kappa shape index (κ1) is 20.7. The fourth-order valence-corrected chi connectivity index (χ4v) is 5.90. The van der Waals surface area contributed by atoms with Gasteiger partial charge in [-0.15, -0.1) is 0 Å². The summed E-state index contributed by atoms with van der Waals surface area (Å²) in [6, 6.07) is 9.34. The molecule has 9 heteroatoms. The molecule has 1 amide bonds. The van der Waals surface area contributed by atoms with Crippen LogP contribution >= 0.6 is 0 Å². The number of aryl methyl sites for hydroxylation is 2. The average Bonchev–Trinajstić information content (AvgIpc) is 3.07. The number of hydrogen-bond donors (Lipinski definition) is 1. The third kappa shape index (κ3) is 4.79. The molecule has 3 heterocycles. The second kappa shape index (κ2) is 8.31. The standard InChI is InChI=1S/C21H27N5O3S/c1-15-13-16(2)23-21(22-15)24-18-5-3-17(4-6-18)20(27)26-10-8-25(9-11-26)19-7-12-30(28,29)14-19/h3-6,13,19H,7-12,14H2,1-2H3,(H,22,23,24)/t19-/m0/s1. The number of nitrogens with zero attached hydrogens (tertiary/aromatic N) is 4. The van der Waals surface area contributed by atoms with Crippen LogP contribution in [0.5, 0.6) is 0 Å². The van der Waals surface area contributed by atoms with E-state index < -0.39 is 9.84 Å². The molecule has 1 atom stereocenters. The van der Waals surface area contributed by atoms with Crippen molar-refractivity contribution >= 4 is 27.4 Å². The van der Waals surface area contributed by atoms with Crippen LogP contribution in [-0.2, 0) is 9.84 Å². The Morgan fingerprint density at radius 2 is 1.67 bits per heavy atom. The summed E-state index contributed by atoms with van der Waals surface area (Å²) in [7, 11) is -2.89. The Morgan fingerprint density at radius 3 is 2.23 bits per heavy atom. The number of carbonyl (C=O) groups excluding carboxylic acids is 1. The Morgan fingerprint density at radius 1 is 1.03 bits per heavy atom. The predicted molar refractivity (Wildman–Crippen MR) is 116 cm³/mol. The Kier molecular flexibility index (Phi) is 5.75. The number of amides is 1. The highest BCUT2D eigenvalue weighted by molar-refractivity contribution is 7.91. The minimum absolute atomic E-state index is 0.00268. The normalized spacial score (nSPS) is 21.5. The van der Waals surface area contributed by atoms with Gasteiger partial charge in [-0.05, 0) is 50.6 Å². The van der Waals surface area contributed by atoms with Gasteiger partial charge >= 0.3 is 0 Å². The molecule has 2 aromatic rings. The van der Waals surface area contributed by atoms with Crippen LogP contribution in [-0.4, -0.2) is 77.8 Å². The lowest BCUT2D eigenvalue weighted by molar-refractivity contribution is 0.0588. The number of rotatable bonds is 4. The van der Waals surface area contributed by atoms with E-state index in [1.165, 1.54) is 0 Å². The van der Waals surface area contributed by atoms with Crippen molar-refractivity contribution < 1.29 is 13.2 Å². The first-order chi connectivity index (χ1) is 14.3. The monoisotopic (exact) mass is 429 g/mol. The highest BCUT2D eigenvalue weighted by Gasteiger charge is 2.34. The van der Waals surface area contributed by atoms with Crippen LogP contribution < -0.4 is 5.32 Å². The summed E-state index contributed by atoms with van der Waals surface area (Å²) >= 11 is 0. The fraction of sp³-hybridized carbons (Fsp3) is 0.476. The van der Waals surface area contributed by atoms with Crippen LogP contribution in [0.4, 0.5) is 11.6 Å². The van der Waals surface area contributed by atoms with Crippen LogP contribution in [0.25, 0.3) is 0 Å². The van der Waals surface area contributed by atoms with Crippen molar-refractivity contribution in [3.63, 3.8) is 0 Å². The molecule has 0 bridgehead atoms. The highest BCUT2D eigenvalue weighted by Crippen LogP contribution is 2.21. The molecule has 2 aliphatic rings. The molecule has 4 rings (SSSR count). The van der Waals surface area contributed by atoms with Crippen LogP contribution in [0.15, 0.2) is 30.3 Å². The van der Waals surface area contributed by atoms with Gasteiger partial charge in [0, 0.05) is 54.9 Å². The SMILES string of the molecule is Cc1cc(C)nc(Nc2ccc(C(=O)N3CCN([C@H]4CCS(=O)(=O)C4)CC3)cc2)n1.